The highest BCUT2D eigenvalue weighted by atomic mass is 35.5. The smallest absolute Gasteiger partial charge is 0.237 e. The molecule has 1 heterocycles. The Hall–Kier alpha value is -0.280. The third-order valence-corrected chi connectivity index (χ3v) is 2.70. The number of nitrogens with zero attached hydrogens (tertiary/aromatic N) is 1. The second kappa shape index (κ2) is 4.10. The topological polar surface area (TPSA) is 40.5 Å². The average molecular weight is 192 g/mol. The third-order valence-electron chi connectivity index (χ3n) is 2.47. The van der Waals surface area contributed by atoms with Gasteiger partial charge in [0, 0.05) is 25.6 Å². The molecule has 0 bridgehead atoms. The molecule has 12 heavy (non-hydrogen) atoms. The standard InChI is InChI=1S/C8H14ClNO2/c1-6-3-10(8(12)2-9)4-7(6)5-11/h6-7,11H,2-5H2,1H3/t6-,7-/m1/s1. The van der Waals surface area contributed by atoms with Crippen LogP contribution in [-0.2, 0) is 4.79 Å². The van der Waals surface area contributed by atoms with Crippen molar-refractivity contribution in [3.05, 3.63) is 0 Å². The van der Waals surface area contributed by atoms with Gasteiger partial charge in [0.15, 0.2) is 0 Å². The number of halogens is 1. The van der Waals surface area contributed by atoms with E-state index in [0.717, 1.165) is 6.54 Å². The minimum absolute atomic E-state index is 0.0283. The van der Waals surface area contributed by atoms with Crippen LogP contribution in [-0.4, -0.2) is 41.5 Å². The molecular weight excluding hydrogens is 178 g/mol. The monoisotopic (exact) mass is 191 g/mol. The minimum Gasteiger partial charge on any atom is -0.396 e. The Morgan fingerprint density at radius 3 is 2.75 bits per heavy atom. The van der Waals surface area contributed by atoms with E-state index in [9.17, 15) is 4.79 Å². The number of hydrogen-bond acceptors (Lipinski definition) is 2. The molecule has 0 radical (unpaired) electrons. The first-order chi connectivity index (χ1) is 5.69. The molecule has 0 aromatic heterocycles. The van der Waals surface area contributed by atoms with Crippen LogP contribution in [0.3, 0.4) is 0 Å². The summed E-state index contributed by atoms with van der Waals surface area (Å²) >= 11 is 5.42. The predicted octanol–water partition coefficient (Wildman–Crippen LogP) is 0.312. The van der Waals surface area contributed by atoms with Gasteiger partial charge in [-0.3, -0.25) is 4.79 Å². The number of alkyl halides is 1. The highest BCUT2D eigenvalue weighted by Crippen LogP contribution is 2.22. The van der Waals surface area contributed by atoms with E-state index >= 15 is 0 Å². The van der Waals surface area contributed by atoms with Crippen molar-refractivity contribution in [3.8, 4) is 0 Å². The number of likely N-dealkylation sites (tertiary alicyclic amines) is 1. The zero-order valence-electron chi connectivity index (χ0n) is 7.16. The second-order valence-electron chi connectivity index (χ2n) is 3.35. The van der Waals surface area contributed by atoms with E-state index in [2.05, 4.69) is 0 Å². The first kappa shape index (κ1) is 9.81. The average Bonchev–Trinajstić information content (AvgIpc) is 2.45. The van der Waals surface area contributed by atoms with Gasteiger partial charge in [0.2, 0.25) is 5.91 Å². The van der Waals surface area contributed by atoms with Crippen molar-refractivity contribution < 1.29 is 9.90 Å². The molecule has 4 heteroatoms. The minimum atomic E-state index is -0.0283. The van der Waals surface area contributed by atoms with Gasteiger partial charge in [0.1, 0.15) is 5.88 Å². The first-order valence-electron chi connectivity index (χ1n) is 4.13. The van der Waals surface area contributed by atoms with Crippen molar-refractivity contribution in [2.45, 2.75) is 6.92 Å². The van der Waals surface area contributed by atoms with Crippen molar-refractivity contribution in [2.75, 3.05) is 25.6 Å². The van der Waals surface area contributed by atoms with Crippen LogP contribution in [0.2, 0.25) is 0 Å². The summed E-state index contributed by atoms with van der Waals surface area (Å²) in [5, 5.41) is 8.94. The van der Waals surface area contributed by atoms with Crippen LogP contribution < -0.4 is 0 Å². The van der Waals surface area contributed by atoms with E-state index in [4.69, 9.17) is 16.7 Å². The van der Waals surface area contributed by atoms with Gasteiger partial charge in [-0.25, -0.2) is 0 Å². The molecule has 0 aromatic rings. The fourth-order valence-corrected chi connectivity index (χ4v) is 1.73. The van der Waals surface area contributed by atoms with Gasteiger partial charge >= 0.3 is 0 Å². The molecule has 1 fully saturated rings. The summed E-state index contributed by atoms with van der Waals surface area (Å²) in [6, 6.07) is 0. The van der Waals surface area contributed by atoms with Crippen molar-refractivity contribution in [3.63, 3.8) is 0 Å². The van der Waals surface area contributed by atoms with Crippen LogP contribution in [0, 0.1) is 11.8 Å². The quantitative estimate of drug-likeness (QED) is 0.639. The van der Waals surface area contributed by atoms with Crippen LogP contribution in [0.25, 0.3) is 0 Å². The molecule has 1 aliphatic rings. The fraction of sp³-hybridized carbons (Fsp3) is 0.875. The maximum Gasteiger partial charge on any atom is 0.237 e. The summed E-state index contributed by atoms with van der Waals surface area (Å²) in [7, 11) is 0. The van der Waals surface area contributed by atoms with E-state index in [1.54, 1.807) is 4.90 Å². The normalized spacial score (nSPS) is 29.4. The molecule has 0 aromatic carbocycles. The van der Waals surface area contributed by atoms with Gasteiger partial charge in [0.05, 0.1) is 0 Å². The van der Waals surface area contributed by atoms with Gasteiger partial charge in [-0.1, -0.05) is 6.92 Å². The molecule has 0 aliphatic carbocycles. The zero-order valence-corrected chi connectivity index (χ0v) is 7.92. The lowest BCUT2D eigenvalue weighted by Gasteiger charge is -2.13. The molecule has 1 saturated heterocycles. The molecule has 1 rings (SSSR count). The van der Waals surface area contributed by atoms with E-state index in [-0.39, 0.29) is 24.3 Å². The molecule has 2 atom stereocenters. The van der Waals surface area contributed by atoms with Crippen molar-refractivity contribution in [1.82, 2.24) is 4.90 Å². The van der Waals surface area contributed by atoms with Crippen LogP contribution >= 0.6 is 11.6 Å². The zero-order chi connectivity index (χ0) is 9.14. The Labute approximate surface area is 77.3 Å². The Morgan fingerprint density at radius 1 is 1.67 bits per heavy atom. The number of amides is 1. The van der Waals surface area contributed by atoms with Gasteiger partial charge in [-0.2, -0.15) is 0 Å². The summed E-state index contributed by atoms with van der Waals surface area (Å²) in [5.74, 6) is 0.643. The van der Waals surface area contributed by atoms with Crippen LogP contribution in [0.5, 0.6) is 0 Å². The van der Waals surface area contributed by atoms with Crippen LogP contribution in [0.1, 0.15) is 6.92 Å². The molecule has 0 spiro atoms. The lowest BCUT2D eigenvalue weighted by molar-refractivity contribution is -0.127. The van der Waals surface area contributed by atoms with E-state index < -0.39 is 0 Å². The molecule has 1 N–H and O–H groups in total. The second-order valence-corrected chi connectivity index (χ2v) is 3.62. The Kier molecular flexibility index (Phi) is 3.35. The highest BCUT2D eigenvalue weighted by molar-refractivity contribution is 6.27. The number of carbonyl (C=O) groups excluding carboxylic acids is 1. The molecular formula is C8H14ClNO2. The maximum atomic E-state index is 11.1. The lowest BCUT2D eigenvalue weighted by atomic mass is 10.00. The largest absolute Gasteiger partial charge is 0.396 e. The summed E-state index contributed by atoms with van der Waals surface area (Å²) in [6.45, 7) is 3.59. The highest BCUT2D eigenvalue weighted by Gasteiger charge is 2.31. The SMILES string of the molecule is C[C@@H]1CN(C(=O)CCl)C[C@@H]1CO. The molecule has 0 unspecified atom stereocenters. The number of hydrogen-bond donors (Lipinski definition) is 1. The van der Waals surface area contributed by atoms with E-state index in [1.165, 1.54) is 0 Å². The molecule has 0 saturated carbocycles. The van der Waals surface area contributed by atoms with Crippen molar-refractivity contribution in [2.24, 2.45) is 11.8 Å². The van der Waals surface area contributed by atoms with Gasteiger partial charge < -0.3 is 10.0 Å². The van der Waals surface area contributed by atoms with Gasteiger partial charge in [0.25, 0.3) is 0 Å². The number of aliphatic hydroxyl groups is 1. The number of carbonyl (C=O) groups is 1. The number of rotatable bonds is 2. The summed E-state index contributed by atoms with van der Waals surface area (Å²) in [5.41, 5.74) is 0. The first-order valence-corrected chi connectivity index (χ1v) is 4.67. The lowest BCUT2D eigenvalue weighted by Crippen LogP contribution is -2.30. The molecule has 1 amide bonds. The Morgan fingerprint density at radius 2 is 2.33 bits per heavy atom. The van der Waals surface area contributed by atoms with Gasteiger partial charge in [-0.15, -0.1) is 11.6 Å². The van der Waals surface area contributed by atoms with E-state index in [1.807, 2.05) is 6.92 Å². The number of aliphatic hydroxyl groups excluding tert-OH is 1. The summed E-state index contributed by atoms with van der Waals surface area (Å²) in [4.78, 5) is 12.9. The van der Waals surface area contributed by atoms with Crippen molar-refractivity contribution >= 4 is 17.5 Å². The van der Waals surface area contributed by atoms with Crippen LogP contribution in [0.15, 0.2) is 0 Å². The van der Waals surface area contributed by atoms with E-state index in [0.29, 0.717) is 12.5 Å². The van der Waals surface area contributed by atoms with Crippen molar-refractivity contribution in [1.29, 1.82) is 0 Å². The van der Waals surface area contributed by atoms with Gasteiger partial charge in [-0.05, 0) is 5.92 Å². The molecule has 3 nitrogen and oxygen atoms in total. The van der Waals surface area contributed by atoms with Crippen LogP contribution in [0.4, 0.5) is 0 Å². The maximum absolute atomic E-state index is 11.1. The fourth-order valence-electron chi connectivity index (χ4n) is 1.56. The predicted molar refractivity (Wildman–Crippen MR) is 47.0 cm³/mol. The molecule has 1 aliphatic heterocycles. The molecule has 70 valence electrons. The summed E-state index contributed by atoms with van der Waals surface area (Å²) in [6.07, 6.45) is 0. The summed E-state index contributed by atoms with van der Waals surface area (Å²) < 4.78 is 0. The third kappa shape index (κ3) is 1.90. The Bertz CT molecular complexity index is 174. The Balaban J connectivity index is 2.48.